The fourth-order valence-electron chi connectivity index (χ4n) is 2.97. The molecule has 0 fully saturated rings. The van der Waals surface area contributed by atoms with Crippen LogP contribution >= 0.6 is 0 Å². The molecule has 0 unspecified atom stereocenters. The Labute approximate surface area is 179 Å². The third-order valence-corrected chi connectivity index (χ3v) is 4.63. The number of H-pyrrole nitrogens is 1. The molecule has 0 aliphatic heterocycles. The Kier molecular flexibility index (Phi) is 7.75. The number of nitrogens with one attached hydrogen (secondary N) is 2. The van der Waals surface area contributed by atoms with Crippen molar-refractivity contribution in [1.82, 2.24) is 10.1 Å². The normalized spacial score (nSPS) is 10.6. The van der Waals surface area contributed by atoms with Gasteiger partial charge in [0.1, 0.15) is 5.75 Å². The van der Waals surface area contributed by atoms with Crippen molar-refractivity contribution in [2.24, 2.45) is 0 Å². The van der Waals surface area contributed by atoms with Gasteiger partial charge in [0.25, 0.3) is 0 Å². The molecule has 8 heteroatoms. The van der Waals surface area contributed by atoms with Crippen molar-refractivity contribution in [3.05, 3.63) is 64.6 Å². The van der Waals surface area contributed by atoms with Gasteiger partial charge < -0.3 is 10.1 Å². The van der Waals surface area contributed by atoms with Gasteiger partial charge in [0.2, 0.25) is 5.91 Å². The van der Waals surface area contributed by atoms with Gasteiger partial charge in [-0.1, -0.05) is 37.1 Å². The first-order chi connectivity index (χ1) is 15.0. The van der Waals surface area contributed by atoms with Crippen LogP contribution in [-0.2, 0) is 4.79 Å². The summed E-state index contributed by atoms with van der Waals surface area (Å²) in [6, 6.07) is 13.8. The highest BCUT2D eigenvalue weighted by Crippen LogP contribution is 2.19. The van der Waals surface area contributed by atoms with E-state index in [1.807, 2.05) is 0 Å². The minimum atomic E-state index is -0.654. The number of nitrogens with zero attached hydrogens (tertiary/aromatic N) is 1. The molecule has 3 aromatic rings. The summed E-state index contributed by atoms with van der Waals surface area (Å²) in [5.74, 6) is -0.0385. The minimum Gasteiger partial charge on any atom is -0.494 e. The van der Waals surface area contributed by atoms with Crippen LogP contribution in [-0.4, -0.2) is 28.4 Å². The number of carbonyl (C=O) groups excluding carboxylic acids is 2. The number of rotatable bonds is 11. The largest absolute Gasteiger partial charge is 0.494 e. The van der Waals surface area contributed by atoms with Gasteiger partial charge in [-0.25, -0.2) is 4.79 Å². The van der Waals surface area contributed by atoms with Gasteiger partial charge >= 0.3 is 5.76 Å². The van der Waals surface area contributed by atoms with E-state index in [2.05, 4.69) is 26.9 Å². The lowest BCUT2D eigenvalue weighted by molar-refractivity contribution is -0.116. The summed E-state index contributed by atoms with van der Waals surface area (Å²) in [5, 5.41) is 6.37. The first-order valence-corrected chi connectivity index (χ1v) is 10.3. The second kappa shape index (κ2) is 10.9. The number of hydrogen-bond donors (Lipinski definition) is 2. The Morgan fingerprint density at radius 2 is 1.90 bits per heavy atom. The molecule has 1 heterocycles. The molecule has 1 aromatic heterocycles. The van der Waals surface area contributed by atoms with Crippen molar-refractivity contribution in [3.8, 4) is 17.1 Å². The van der Waals surface area contributed by atoms with Gasteiger partial charge in [0, 0.05) is 29.7 Å². The molecule has 0 spiro atoms. The zero-order valence-corrected chi connectivity index (χ0v) is 17.3. The predicted molar refractivity (Wildman–Crippen MR) is 116 cm³/mol. The molecule has 0 atom stereocenters. The van der Waals surface area contributed by atoms with Gasteiger partial charge in [-0.2, -0.15) is 0 Å². The molecule has 162 valence electrons. The fraction of sp³-hybridized carbons (Fsp3) is 0.304. The second-order valence-corrected chi connectivity index (χ2v) is 7.08. The number of unbranched alkanes of at least 4 members (excludes halogenated alkanes) is 2. The molecule has 0 radical (unpaired) electrons. The number of aromatic nitrogens is 2. The van der Waals surface area contributed by atoms with Crippen molar-refractivity contribution in [1.29, 1.82) is 0 Å². The minimum absolute atomic E-state index is 0.0547. The van der Waals surface area contributed by atoms with Gasteiger partial charge in [0.05, 0.1) is 6.61 Å². The summed E-state index contributed by atoms with van der Waals surface area (Å²) < 4.78 is 10.1. The monoisotopic (exact) mass is 423 g/mol. The molecule has 1 amide bonds. The highest BCUT2D eigenvalue weighted by atomic mass is 16.5. The number of anilines is 1. The van der Waals surface area contributed by atoms with Crippen LogP contribution in [0.2, 0.25) is 0 Å². The summed E-state index contributed by atoms with van der Waals surface area (Å²) in [7, 11) is 0. The van der Waals surface area contributed by atoms with Crippen LogP contribution in [0.3, 0.4) is 0 Å². The Morgan fingerprint density at radius 3 is 2.61 bits per heavy atom. The first kappa shape index (κ1) is 22.0. The topological polar surface area (TPSA) is 114 Å². The van der Waals surface area contributed by atoms with E-state index in [1.165, 1.54) is 0 Å². The van der Waals surface area contributed by atoms with Crippen molar-refractivity contribution < 1.29 is 18.8 Å². The Bertz CT molecular complexity index is 1070. The number of Topliss-reactive ketones (excluding diaryl/α,β-unsaturated/α-hetero) is 1. The fourth-order valence-corrected chi connectivity index (χ4v) is 2.97. The summed E-state index contributed by atoms with van der Waals surface area (Å²) in [5.41, 5.74) is 1.67. The summed E-state index contributed by atoms with van der Waals surface area (Å²) in [4.78, 5) is 38.2. The highest BCUT2D eigenvalue weighted by Gasteiger charge is 2.11. The maximum absolute atomic E-state index is 12.4. The molecule has 3 rings (SSSR count). The van der Waals surface area contributed by atoms with E-state index in [0.717, 1.165) is 25.0 Å². The zero-order valence-electron chi connectivity index (χ0n) is 17.3. The molecule has 2 aromatic carbocycles. The Morgan fingerprint density at radius 1 is 1.10 bits per heavy atom. The van der Waals surface area contributed by atoms with Crippen molar-refractivity contribution in [3.63, 3.8) is 0 Å². The maximum Gasteiger partial charge on any atom is 0.439 e. The van der Waals surface area contributed by atoms with E-state index < -0.39 is 5.76 Å². The standard InChI is InChI=1S/C23H25N3O5/c1-2-3-4-14-30-19-10-8-16(9-11-19)20(27)12-13-21(28)24-18-7-5-6-17(15-18)22-25-23(29)31-26-22/h5-11,15H,2-4,12-14H2,1H3,(H,24,28)(H,25,26,29). The lowest BCUT2D eigenvalue weighted by Gasteiger charge is -2.08. The van der Waals surface area contributed by atoms with E-state index in [-0.39, 0.29) is 30.4 Å². The molecule has 8 nitrogen and oxygen atoms in total. The molecule has 0 aliphatic rings. The highest BCUT2D eigenvalue weighted by molar-refractivity contribution is 6.00. The van der Waals surface area contributed by atoms with E-state index >= 15 is 0 Å². The molecule has 0 bridgehead atoms. The number of ketones is 1. The second-order valence-electron chi connectivity index (χ2n) is 7.08. The van der Waals surface area contributed by atoms with Crippen molar-refractivity contribution in [2.45, 2.75) is 39.0 Å². The van der Waals surface area contributed by atoms with Crippen LogP contribution in [0.25, 0.3) is 11.4 Å². The van der Waals surface area contributed by atoms with Crippen LogP contribution in [0.5, 0.6) is 5.75 Å². The summed E-state index contributed by atoms with van der Waals surface area (Å²) >= 11 is 0. The Hall–Kier alpha value is -3.68. The van der Waals surface area contributed by atoms with Crippen LogP contribution in [0.15, 0.2) is 57.8 Å². The van der Waals surface area contributed by atoms with Gasteiger partial charge in [-0.05, 0) is 42.8 Å². The summed E-state index contributed by atoms with van der Waals surface area (Å²) in [6.45, 7) is 2.80. The number of aromatic amines is 1. The van der Waals surface area contributed by atoms with Crippen molar-refractivity contribution >= 4 is 17.4 Å². The SMILES string of the molecule is CCCCCOc1ccc(C(=O)CCC(=O)Nc2cccc(-c3noc(=O)[nH]3)c2)cc1. The van der Waals surface area contributed by atoms with Crippen LogP contribution in [0.1, 0.15) is 49.4 Å². The molecular weight excluding hydrogens is 398 g/mol. The molecule has 0 saturated carbocycles. The zero-order chi connectivity index (χ0) is 22.1. The summed E-state index contributed by atoms with van der Waals surface area (Å²) in [6.07, 6.45) is 3.42. The molecule has 31 heavy (non-hydrogen) atoms. The number of ether oxygens (including phenoxy) is 1. The number of carbonyl (C=O) groups is 2. The van der Waals surface area contributed by atoms with Crippen LogP contribution in [0.4, 0.5) is 5.69 Å². The van der Waals surface area contributed by atoms with Gasteiger partial charge in [-0.15, -0.1) is 0 Å². The predicted octanol–water partition coefficient (Wildman–Crippen LogP) is 4.20. The molecular formula is C23H25N3O5. The first-order valence-electron chi connectivity index (χ1n) is 10.3. The van der Waals surface area contributed by atoms with E-state index in [9.17, 15) is 14.4 Å². The average molecular weight is 423 g/mol. The van der Waals surface area contributed by atoms with E-state index in [0.29, 0.717) is 23.4 Å². The third kappa shape index (κ3) is 6.67. The van der Waals surface area contributed by atoms with Crippen LogP contribution in [0, 0.1) is 0 Å². The average Bonchev–Trinajstić information content (AvgIpc) is 3.22. The van der Waals surface area contributed by atoms with Crippen molar-refractivity contribution in [2.75, 3.05) is 11.9 Å². The molecule has 0 aliphatic carbocycles. The van der Waals surface area contributed by atoms with Gasteiger partial charge in [0.15, 0.2) is 11.6 Å². The van der Waals surface area contributed by atoms with E-state index in [4.69, 9.17) is 4.74 Å². The number of hydrogen-bond acceptors (Lipinski definition) is 6. The maximum atomic E-state index is 12.4. The lowest BCUT2D eigenvalue weighted by Crippen LogP contribution is -2.13. The number of amides is 1. The number of benzene rings is 2. The molecule has 0 saturated heterocycles. The quantitative estimate of drug-likeness (QED) is 0.353. The third-order valence-electron chi connectivity index (χ3n) is 4.63. The molecule has 2 N–H and O–H groups in total. The van der Waals surface area contributed by atoms with Gasteiger partial charge in [-0.3, -0.25) is 19.1 Å². The lowest BCUT2D eigenvalue weighted by atomic mass is 10.1. The van der Waals surface area contributed by atoms with Crippen LogP contribution < -0.4 is 15.8 Å². The smallest absolute Gasteiger partial charge is 0.439 e. The Balaban J connectivity index is 1.48. The van der Waals surface area contributed by atoms with E-state index in [1.54, 1.807) is 48.5 Å².